The van der Waals surface area contributed by atoms with Crippen LogP contribution in [0, 0.1) is 5.92 Å². The number of alkyl halides is 2. The van der Waals surface area contributed by atoms with Crippen molar-refractivity contribution in [2.75, 3.05) is 20.1 Å². The first-order chi connectivity index (χ1) is 13.7. The van der Waals surface area contributed by atoms with Crippen LogP contribution in [-0.2, 0) is 4.79 Å². The van der Waals surface area contributed by atoms with Crippen molar-refractivity contribution < 1.29 is 14.0 Å². The van der Waals surface area contributed by atoms with Crippen molar-refractivity contribution in [3.05, 3.63) is 35.9 Å². The smallest absolute Gasteiger partial charge is 0.251 e. The minimum Gasteiger partial charge on any atom is -0.352 e. The molecule has 0 unspecified atom stereocenters. The average Bonchev–Trinajstić information content (AvgIpc) is 2.69. The number of benzene rings is 1. The van der Waals surface area contributed by atoms with Crippen molar-refractivity contribution in [2.45, 2.75) is 62.2 Å². The monoisotopic (exact) mass is 423 g/mol. The van der Waals surface area contributed by atoms with Crippen molar-refractivity contribution in [3.8, 4) is 0 Å². The Morgan fingerprint density at radius 2 is 1.93 bits per heavy atom. The molecule has 3 rings (SSSR count). The summed E-state index contributed by atoms with van der Waals surface area (Å²) in [6.45, 7) is 2.46. The molecule has 0 spiro atoms. The Bertz CT molecular complexity index is 728. The van der Waals surface area contributed by atoms with E-state index in [1.165, 1.54) is 0 Å². The summed E-state index contributed by atoms with van der Waals surface area (Å²) < 4.78 is 15.2. The fraction of sp³-hybridized carbons (Fsp3) is 0.636. The Kier molecular flexibility index (Phi) is 6.84. The molecule has 2 fully saturated rings. The van der Waals surface area contributed by atoms with Gasteiger partial charge < -0.3 is 10.2 Å². The van der Waals surface area contributed by atoms with Crippen LogP contribution in [0.2, 0.25) is 0 Å². The second-order valence-electron chi connectivity index (χ2n) is 8.72. The number of likely N-dealkylation sites (N-methyl/N-ethyl adjacent to an activating group) is 1. The van der Waals surface area contributed by atoms with Gasteiger partial charge in [0.15, 0.2) is 5.79 Å². The van der Waals surface area contributed by atoms with Crippen LogP contribution in [0.4, 0.5) is 4.39 Å². The number of nitrogens with zero attached hydrogens (tertiary/aromatic N) is 1. The molecule has 0 aromatic heterocycles. The lowest BCUT2D eigenvalue weighted by molar-refractivity contribution is -0.138. The van der Waals surface area contributed by atoms with E-state index in [-0.39, 0.29) is 42.7 Å². The molecule has 29 heavy (non-hydrogen) atoms. The molecule has 7 heteroatoms. The van der Waals surface area contributed by atoms with Crippen molar-refractivity contribution in [3.63, 3.8) is 0 Å². The number of nitrogens with one attached hydrogen (secondary N) is 2. The minimum atomic E-state index is -1.65. The number of amides is 2. The maximum Gasteiger partial charge on any atom is 0.251 e. The molecule has 2 N–H and O–H groups in total. The number of carbonyl (C=O) groups excluding carboxylic acids is 2. The molecule has 5 nitrogen and oxygen atoms in total. The summed E-state index contributed by atoms with van der Waals surface area (Å²) in [4.78, 5) is 26.4. The lowest BCUT2D eigenvalue weighted by atomic mass is 9.77. The molecule has 3 atom stereocenters. The van der Waals surface area contributed by atoms with E-state index < -0.39 is 11.2 Å². The van der Waals surface area contributed by atoms with Gasteiger partial charge in [0.2, 0.25) is 5.91 Å². The zero-order valence-electron chi connectivity index (χ0n) is 17.2. The molecule has 2 amide bonds. The van der Waals surface area contributed by atoms with E-state index in [4.69, 9.17) is 11.6 Å². The molecule has 0 aliphatic heterocycles. The lowest BCUT2D eigenvalue weighted by Gasteiger charge is -2.46. The first kappa shape index (κ1) is 22.0. The minimum absolute atomic E-state index is 0.00210. The average molecular weight is 424 g/mol. The second-order valence-corrected chi connectivity index (χ2v) is 9.28. The lowest BCUT2D eigenvalue weighted by Crippen LogP contribution is -2.57. The van der Waals surface area contributed by atoms with Gasteiger partial charge in [0.1, 0.15) is 0 Å². The van der Waals surface area contributed by atoms with Gasteiger partial charge in [-0.1, -0.05) is 18.2 Å². The Hall–Kier alpha value is -1.66. The van der Waals surface area contributed by atoms with Crippen molar-refractivity contribution in [1.82, 2.24) is 15.5 Å². The summed E-state index contributed by atoms with van der Waals surface area (Å²) in [5.41, 5.74) is 0.505. The molecule has 1 aromatic carbocycles. The van der Waals surface area contributed by atoms with Gasteiger partial charge >= 0.3 is 0 Å². The first-order valence-electron chi connectivity index (χ1n) is 10.4. The molecule has 2 aliphatic rings. The molecule has 1 aromatic rings. The van der Waals surface area contributed by atoms with Crippen molar-refractivity contribution in [2.24, 2.45) is 5.92 Å². The third-order valence-electron chi connectivity index (χ3n) is 6.67. The Labute approximate surface area is 177 Å². The zero-order chi connectivity index (χ0) is 21.1. The van der Waals surface area contributed by atoms with E-state index in [2.05, 4.69) is 17.6 Å². The molecular weight excluding hydrogens is 393 g/mol. The van der Waals surface area contributed by atoms with E-state index in [9.17, 15) is 9.59 Å². The van der Waals surface area contributed by atoms with Gasteiger partial charge in [-0.05, 0) is 57.1 Å². The summed E-state index contributed by atoms with van der Waals surface area (Å²) in [5.74, 6) is -1.89. The largest absolute Gasteiger partial charge is 0.352 e. The predicted molar refractivity (Wildman–Crippen MR) is 113 cm³/mol. The van der Waals surface area contributed by atoms with Gasteiger partial charge in [-0.2, -0.15) is 0 Å². The standard InChI is InChI=1S/C22H31ClFN3O2/c1-21(10-6-11-21)27(2)19(28)15-26-22(24)12-9-17(18(23)13-22)14-25-20(29)16-7-4-3-5-8-16/h3-5,7-8,17-18,26H,6,9-15H2,1-2H3,(H,25,29)/t17-,18-,22+/m1/s1. The zero-order valence-corrected chi connectivity index (χ0v) is 18.0. The Morgan fingerprint density at radius 3 is 2.52 bits per heavy atom. The van der Waals surface area contributed by atoms with E-state index in [0.29, 0.717) is 18.5 Å². The number of rotatable bonds is 7. The third-order valence-corrected chi connectivity index (χ3v) is 7.18. The first-order valence-corrected chi connectivity index (χ1v) is 10.8. The molecular formula is C22H31ClFN3O2. The normalized spacial score (nSPS) is 28.3. The third kappa shape index (κ3) is 5.28. The number of hydrogen-bond acceptors (Lipinski definition) is 3. The highest BCUT2D eigenvalue weighted by atomic mass is 35.5. The fourth-order valence-electron chi connectivity index (χ4n) is 4.16. The predicted octanol–water partition coefficient (Wildman–Crippen LogP) is 3.48. The van der Waals surface area contributed by atoms with E-state index in [0.717, 1.165) is 19.3 Å². The second kappa shape index (κ2) is 9.00. The number of hydrogen-bond donors (Lipinski definition) is 2. The van der Waals surface area contributed by atoms with Crippen LogP contribution >= 0.6 is 11.6 Å². The van der Waals surface area contributed by atoms with Crippen molar-refractivity contribution in [1.29, 1.82) is 0 Å². The van der Waals surface area contributed by atoms with Gasteiger partial charge in [-0.3, -0.25) is 14.9 Å². The van der Waals surface area contributed by atoms with Crippen LogP contribution in [0.1, 0.15) is 55.8 Å². The Balaban J connectivity index is 1.44. The molecule has 160 valence electrons. The maximum atomic E-state index is 15.2. The highest BCUT2D eigenvalue weighted by Crippen LogP contribution is 2.38. The van der Waals surface area contributed by atoms with Gasteiger partial charge in [-0.25, -0.2) is 4.39 Å². The maximum absolute atomic E-state index is 15.2. The van der Waals surface area contributed by atoms with Gasteiger partial charge in [-0.15, -0.1) is 11.6 Å². The van der Waals surface area contributed by atoms with Crippen LogP contribution < -0.4 is 10.6 Å². The van der Waals surface area contributed by atoms with Crippen molar-refractivity contribution >= 4 is 23.4 Å². The summed E-state index contributed by atoms with van der Waals surface area (Å²) in [6.07, 6.45) is 4.07. The highest BCUT2D eigenvalue weighted by Gasteiger charge is 2.42. The van der Waals surface area contributed by atoms with Gasteiger partial charge in [0.05, 0.1) is 6.54 Å². The summed E-state index contributed by atoms with van der Waals surface area (Å²) in [6, 6.07) is 8.99. The Morgan fingerprint density at radius 1 is 1.24 bits per heavy atom. The van der Waals surface area contributed by atoms with E-state index in [1.807, 2.05) is 18.2 Å². The van der Waals surface area contributed by atoms with Gasteiger partial charge in [0, 0.05) is 36.5 Å². The van der Waals surface area contributed by atoms with Crippen LogP contribution in [0.25, 0.3) is 0 Å². The summed E-state index contributed by atoms with van der Waals surface area (Å²) >= 11 is 6.45. The molecule has 2 aliphatic carbocycles. The molecule has 0 heterocycles. The molecule has 2 saturated carbocycles. The van der Waals surface area contributed by atoms with Gasteiger partial charge in [0.25, 0.3) is 5.91 Å². The molecule has 0 saturated heterocycles. The highest BCUT2D eigenvalue weighted by molar-refractivity contribution is 6.21. The van der Waals surface area contributed by atoms with E-state index in [1.54, 1.807) is 24.1 Å². The summed E-state index contributed by atoms with van der Waals surface area (Å²) in [5, 5.41) is 5.30. The number of halogens is 2. The SMILES string of the molecule is CN(C(=O)CN[C@@]1(F)CC[C@H](CNC(=O)c2ccccc2)[C@H](Cl)C1)C1(C)CCC1. The summed E-state index contributed by atoms with van der Waals surface area (Å²) in [7, 11) is 1.80. The van der Waals surface area contributed by atoms with Crippen LogP contribution in [0.5, 0.6) is 0 Å². The fourth-order valence-corrected chi connectivity index (χ4v) is 4.62. The molecule has 0 radical (unpaired) electrons. The van der Waals surface area contributed by atoms with Crippen LogP contribution in [0.3, 0.4) is 0 Å². The van der Waals surface area contributed by atoms with Crippen LogP contribution in [0.15, 0.2) is 30.3 Å². The molecule has 0 bridgehead atoms. The topological polar surface area (TPSA) is 61.4 Å². The van der Waals surface area contributed by atoms with Crippen LogP contribution in [-0.4, -0.2) is 53.6 Å². The number of carbonyl (C=O) groups is 2. The van der Waals surface area contributed by atoms with E-state index >= 15 is 4.39 Å². The quantitative estimate of drug-likeness (QED) is 0.521.